The Balaban J connectivity index is 2.17. The van der Waals surface area contributed by atoms with Crippen LogP contribution in [0.2, 0.25) is 0 Å². The van der Waals surface area contributed by atoms with E-state index in [2.05, 4.69) is 50.3 Å². The first-order valence-electron chi connectivity index (χ1n) is 25.2. The number of hydrogen-bond donors (Lipinski definition) is 4. The first kappa shape index (κ1) is 57.2. The van der Waals surface area contributed by atoms with Gasteiger partial charge in [0, 0.05) is 13.0 Å². The highest BCUT2D eigenvalue weighted by atomic mass is 16.7. The molecule has 1 rings (SSSR count). The van der Waals surface area contributed by atoms with Crippen molar-refractivity contribution < 1.29 is 44.2 Å². The number of unbranched alkanes of at least 4 members (excludes halogenated alkanes) is 24. The number of carbonyl (C=O) groups excluding carboxylic acids is 1. The molecule has 0 aromatic heterocycles. The zero-order chi connectivity index (χ0) is 44.3. The largest absolute Gasteiger partial charge is 0.457 e. The molecular weight excluding hydrogens is 769 g/mol. The van der Waals surface area contributed by atoms with Gasteiger partial charge in [0.05, 0.1) is 19.8 Å². The van der Waals surface area contributed by atoms with E-state index in [9.17, 15) is 25.2 Å². The molecule has 0 bridgehead atoms. The molecule has 0 spiro atoms. The van der Waals surface area contributed by atoms with E-state index in [4.69, 9.17) is 18.9 Å². The summed E-state index contributed by atoms with van der Waals surface area (Å²) in [5.41, 5.74) is 0. The van der Waals surface area contributed by atoms with E-state index in [-0.39, 0.29) is 19.6 Å². The predicted molar refractivity (Wildman–Crippen MR) is 251 cm³/mol. The number of ether oxygens (including phenoxy) is 4. The minimum atomic E-state index is -1.55. The lowest BCUT2D eigenvalue weighted by Gasteiger charge is -2.39. The summed E-state index contributed by atoms with van der Waals surface area (Å²) < 4.78 is 22.8. The Morgan fingerprint density at radius 1 is 0.541 bits per heavy atom. The number of hydrogen-bond acceptors (Lipinski definition) is 9. The topological polar surface area (TPSA) is 135 Å². The Morgan fingerprint density at radius 2 is 0.967 bits per heavy atom. The van der Waals surface area contributed by atoms with Crippen LogP contribution in [-0.2, 0) is 23.7 Å². The summed E-state index contributed by atoms with van der Waals surface area (Å²) >= 11 is 0. The highest BCUT2D eigenvalue weighted by Gasteiger charge is 2.44. The van der Waals surface area contributed by atoms with Gasteiger partial charge in [-0.3, -0.25) is 4.79 Å². The molecule has 9 nitrogen and oxygen atoms in total. The van der Waals surface area contributed by atoms with Gasteiger partial charge < -0.3 is 39.4 Å². The summed E-state index contributed by atoms with van der Waals surface area (Å²) in [5, 5.41) is 40.1. The maximum atomic E-state index is 12.7. The van der Waals surface area contributed by atoms with Crippen molar-refractivity contribution in [3.05, 3.63) is 48.6 Å². The minimum absolute atomic E-state index is 0.118. The van der Waals surface area contributed by atoms with Crippen molar-refractivity contribution in [2.45, 2.75) is 250 Å². The lowest BCUT2D eigenvalue weighted by atomic mass is 9.99. The molecule has 4 N–H and O–H groups in total. The SMILES string of the molecule is CC/C=C\C/C=C\C/C=C\C/C=C\CCC(=O)OC(COCCCCCCCCCCCCCCCCCCCCCCCCCCC)COC1OC(CO)C(O)C(O)C1O. The molecular formula is C52H94O9. The van der Waals surface area contributed by atoms with Crippen LogP contribution in [0.25, 0.3) is 0 Å². The number of rotatable bonds is 43. The van der Waals surface area contributed by atoms with Crippen molar-refractivity contribution in [1.82, 2.24) is 0 Å². The van der Waals surface area contributed by atoms with Gasteiger partial charge in [0.15, 0.2) is 6.29 Å². The zero-order valence-electron chi connectivity index (χ0n) is 39.2. The molecule has 356 valence electrons. The molecule has 0 amide bonds. The summed E-state index contributed by atoms with van der Waals surface area (Å²) in [6, 6.07) is 0. The van der Waals surface area contributed by atoms with Gasteiger partial charge >= 0.3 is 5.97 Å². The fourth-order valence-corrected chi connectivity index (χ4v) is 7.62. The summed E-state index contributed by atoms with van der Waals surface area (Å²) in [7, 11) is 0. The molecule has 6 unspecified atom stereocenters. The number of allylic oxidation sites excluding steroid dienone is 8. The fraction of sp³-hybridized carbons (Fsp3) is 0.827. The van der Waals surface area contributed by atoms with Crippen LogP contribution in [0.5, 0.6) is 0 Å². The maximum Gasteiger partial charge on any atom is 0.306 e. The van der Waals surface area contributed by atoms with Gasteiger partial charge in [-0.2, -0.15) is 0 Å². The van der Waals surface area contributed by atoms with E-state index in [0.717, 1.165) is 38.5 Å². The van der Waals surface area contributed by atoms with Crippen LogP contribution in [0.15, 0.2) is 48.6 Å². The standard InChI is InChI=1S/C52H94O9/c1-3-5-7-9-11-13-15-17-18-19-20-21-22-23-24-25-26-27-28-30-32-34-36-38-40-42-58-44-46(45-59-52-51(57)50(56)49(55)47(43-53)61-52)60-48(54)41-39-37-35-33-31-29-16-14-12-10-8-6-4-2/h6,8,12,14,29,31,35,37,46-47,49-53,55-57H,3-5,7,9-11,13,15-28,30,32-34,36,38-45H2,1-2H3/b8-6-,14-12-,31-29-,37-35-. The summed E-state index contributed by atoms with van der Waals surface area (Å²) in [6.07, 6.45) is 47.5. The van der Waals surface area contributed by atoms with E-state index in [1.165, 1.54) is 148 Å². The first-order chi connectivity index (χ1) is 29.9. The second-order valence-electron chi connectivity index (χ2n) is 17.2. The predicted octanol–water partition coefficient (Wildman–Crippen LogP) is 12.1. The number of aliphatic hydroxyl groups is 4. The average Bonchev–Trinajstić information content (AvgIpc) is 3.26. The van der Waals surface area contributed by atoms with E-state index >= 15 is 0 Å². The molecule has 0 radical (unpaired) electrons. The molecule has 1 aliphatic rings. The van der Waals surface area contributed by atoms with Crippen LogP contribution in [0.4, 0.5) is 0 Å². The third-order valence-electron chi connectivity index (χ3n) is 11.5. The van der Waals surface area contributed by atoms with Crippen molar-refractivity contribution in [3.8, 4) is 0 Å². The number of esters is 1. The van der Waals surface area contributed by atoms with Gasteiger partial charge in [-0.25, -0.2) is 0 Å². The van der Waals surface area contributed by atoms with E-state index in [1.54, 1.807) is 0 Å². The van der Waals surface area contributed by atoms with E-state index in [0.29, 0.717) is 13.0 Å². The molecule has 1 saturated heterocycles. The van der Waals surface area contributed by atoms with Gasteiger partial charge in [0.25, 0.3) is 0 Å². The molecule has 0 aromatic rings. The maximum absolute atomic E-state index is 12.7. The van der Waals surface area contributed by atoms with Crippen molar-refractivity contribution in [2.24, 2.45) is 0 Å². The molecule has 1 heterocycles. The van der Waals surface area contributed by atoms with Crippen LogP contribution in [0.3, 0.4) is 0 Å². The lowest BCUT2D eigenvalue weighted by molar-refractivity contribution is -0.305. The lowest BCUT2D eigenvalue weighted by Crippen LogP contribution is -2.59. The smallest absolute Gasteiger partial charge is 0.306 e. The monoisotopic (exact) mass is 863 g/mol. The molecule has 1 aliphatic heterocycles. The second kappa shape index (κ2) is 43.4. The Labute approximate surface area is 373 Å². The van der Waals surface area contributed by atoms with Gasteiger partial charge in [-0.1, -0.05) is 217 Å². The zero-order valence-corrected chi connectivity index (χ0v) is 39.2. The van der Waals surface area contributed by atoms with Gasteiger partial charge in [-0.05, 0) is 38.5 Å². The Kier molecular flexibility index (Phi) is 40.7. The molecule has 1 fully saturated rings. The Morgan fingerprint density at radius 3 is 1.41 bits per heavy atom. The van der Waals surface area contributed by atoms with Crippen molar-refractivity contribution in [1.29, 1.82) is 0 Å². The third kappa shape index (κ3) is 34.3. The highest BCUT2D eigenvalue weighted by molar-refractivity contribution is 5.69. The summed E-state index contributed by atoms with van der Waals surface area (Å²) in [6.45, 7) is 4.38. The average molecular weight is 863 g/mol. The molecule has 61 heavy (non-hydrogen) atoms. The molecule has 0 saturated carbocycles. The third-order valence-corrected chi connectivity index (χ3v) is 11.5. The highest BCUT2D eigenvalue weighted by Crippen LogP contribution is 2.23. The first-order valence-corrected chi connectivity index (χ1v) is 25.2. The van der Waals surface area contributed by atoms with Crippen LogP contribution in [-0.4, -0.2) is 89.6 Å². The summed E-state index contributed by atoms with van der Waals surface area (Å²) in [4.78, 5) is 12.7. The van der Waals surface area contributed by atoms with E-state index < -0.39 is 49.4 Å². The van der Waals surface area contributed by atoms with Gasteiger partial charge in [-0.15, -0.1) is 0 Å². The molecule has 0 aromatic carbocycles. The fourth-order valence-electron chi connectivity index (χ4n) is 7.62. The molecule has 0 aliphatic carbocycles. The van der Waals surface area contributed by atoms with Crippen molar-refractivity contribution in [2.75, 3.05) is 26.4 Å². The quantitative estimate of drug-likeness (QED) is 0.0268. The number of aliphatic hydroxyl groups excluding tert-OH is 4. The normalized spacial score (nSPS) is 20.3. The van der Waals surface area contributed by atoms with Crippen molar-refractivity contribution in [3.63, 3.8) is 0 Å². The van der Waals surface area contributed by atoms with Crippen LogP contribution in [0.1, 0.15) is 213 Å². The Hall–Kier alpha value is -1.85. The van der Waals surface area contributed by atoms with Crippen molar-refractivity contribution >= 4 is 5.97 Å². The second-order valence-corrected chi connectivity index (χ2v) is 17.2. The summed E-state index contributed by atoms with van der Waals surface area (Å²) in [5.74, 6) is -0.390. The van der Waals surface area contributed by atoms with Gasteiger partial charge in [0.2, 0.25) is 0 Å². The molecule has 9 heteroatoms. The van der Waals surface area contributed by atoms with Gasteiger partial charge in [0.1, 0.15) is 30.5 Å². The number of carbonyl (C=O) groups is 1. The minimum Gasteiger partial charge on any atom is -0.457 e. The Bertz CT molecular complexity index is 1070. The van der Waals surface area contributed by atoms with E-state index in [1.807, 2.05) is 12.2 Å². The van der Waals surface area contributed by atoms with Crippen LogP contribution < -0.4 is 0 Å². The van der Waals surface area contributed by atoms with Crippen LogP contribution >= 0.6 is 0 Å². The molecule has 6 atom stereocenters. The van der Waals surface area contributed by atoms with Crippen LogP contribution in [0, 0.1) is 0 Å².